The Bertz CT molecular complexity index is 1120. The van der Waals surface area contributed by atoms with Crippen molar-refractivity contribution in [2.24, 2.45) is 10.2 Å². The first-order valence-electron chi connectivity index (χ1n) is 10.7. The summed E-state index contributed by atoms with van der Waals surface area (Å²) in [6.45, 7) is 3.80. The number of amides is 1. The van der Waals surface area contributed by atoms with Crippen molar-refractivity contribution in [3.05, 3.63) is 83.9 Å². The summed E-state index contributed by atoms with van der Waals surface area (Å²) >= 11 is 0. The molecule has 0 saturated carbocycles. The minimum absolute atomic E-state index is 0.236. The third-order valence-electron chi connectivity index (χ3n) is 4.96. The molecule has 0 aliphatic rings. The van der Waals surface area contributed by atoms with E-state index in [0.29, 0.717) is 23.0 Å². The maximum absolute atomic E-state index is 12.6. The molecule has 0 saturated heterocycles. The van der Waals surface area contributed by atoms with E-state index < -0.39 is 18.5 Å². The summed E-state index contributed by atoms with van der Waals surface area (Å²) in [5.41, 5.74) is 4.14. The normalized spacial score (nSPS) is 10.9. The molecular formula is C26H28N4O3. The summed E-state index contributed by atoms with van der Waals surface area (Å²) in [5.74, 6) is -0.649. The van der Waals surface area contributed by atoms with Crippen LogP contribution in [0, 0.1) is 0 Å². The first-order valence-corrected chi connectivity index (χ1v) is 10.7. The smallest absolute Gasteiger partial charge is 0.340 e. The van der Waals surface area contributed by atoms with E-state index in [0.717, 1.165) is 5.69 Å². The minimum Gasteiger partial charge on any atom is -0.452 e. The molecule has 3 rings (SSSR count). The molecule has 33 heavy (non-hydrogen) atoms. The van der Waals surface area contributed by atoms with Gasteiger partial charge in [-0.15, -0.1) is 5.11 Å². The van der Waals surface area contributed by atoms with Crippen molar-refractivity contribution in [3.8, 4) is 0 Å². The summed E-state index contributed by atoms with van der Waals surface area (Å²) in [6.07, 6.45) is 0. The number of ether oxygens (including phenoxy) is 1. The number of esters is 1. The van der Waals surface area contributed by atoms with E-state index in [-0.39, 0.29) is 5.56 Å². The second-order valence-electron chi connectivity index (χ2n) is 8.03. The lowest BCUT2D eigenvalue weighted by Gasteiger charge is -2.11. The van der Waals surface area contributed by atoms with E-state index in [9.17, 15) is 9.59 Å². The number of benzene rings is 3. The molecule has 0 bridgehead atoms. The van der Waals surface area contributed by atoms with Crippen LogP contribution >= 0.6 is 0 Å². The van der Waals surface area contributed by atoms with E-state index in [1.807, 2.05) is 67.5 Å². The van der Waals surface area contributed by atoms with E-state index in [1.165, 1.54) is 5.56 Å². The number of rotatable bonds is 8. The molecule has 0 unspecified atom stereocenters. The summed E-state index contributed by atoms with van der Waals surface area (Å²) in [4.78, 5) is 26.8. The van der Waals surface area contributed by atoms with Crippen molar-refractivity contribution in [2.45, 2.75) is 19.8 Å². The van der Waals surface area contributed by atoms with Crippen LogP contribution in [0.3, 0.4) is 0 Å². The summed E-state index contributed by atoms with van der Waals surface area (Å²) in [5, 5.41) is 11.1. The van der Waals surface area contributed by atoms with Gasteiger partial charge in [0.25, 0.3) is 5.91 Å². The summed E-state index contributed by atoms with van der Waals surface area (Å²) in [6, 6.07) is 21.9. The lowest BCUT2D eigenvalue weighted by atomic mass is 10.0. The van der Waals surface area contributed by atoms with Crippen LogP contribution in [0.25, 0.3) is 0 Å². The highest BCUT2D eigenvalue weighted by atomic mass is 16.5. The first kappa shape index (κ1) is 23.7. The zero-order chi connectivity index (χ0) is 23.8. The molecule has 0 heterocycles. The predicted molar refractivity (Wildman–Crippen MR) is 131 cm³/mol. The number of hydrogen-bond donors (Lipinski definition) is 1. The quantitative estimate of drug-likeness (QED) is 0.337. The molecule has 1 N–H and O–H groups in total. The van der Waals surface area contributed by atoms with Crippen LogP contribution in [0.15, 0.2) is 83.0 Å². The van der Waals surface area contributed by atoms with Gasteiger partial charge in [0.2, 0.25) is 0 Å². The number of carbonyl (C=O) groups is 2. The SMILES string of the molecule is CC(C)c1ccc(NC(=O)COC(=O)c2ccccc2N=Nc2ccc(N(C)C)cc2)cc1. The second kappa shape index (κ2) is 11.0. The number of azo groups is 1. The van der Waals surface area contributed by atoms with Gasteiger partial charge in [-0.25, -0.2) is 4.79 Å². The molecule has 0 spiro atoms. The number of carbonyl (C=O) groups excluding carboxylic acids is 2. The van der Waals surface area contributed by atoms with Gasteiger partial charge in [0.15, 0.2) is 6.61 Å². The van der Waals surface area contributed by atoms with Gasteiger partial charge in [-0.05, 0) is 60.0 Å². The average molecular weight is 445 g/mol. The van der Waals surface area contributed by atoms with Gasteiger partial charge in [0.05, 0.1) is 11.3 Å². The number of hydrogen-bond acceptors (Lipinski definition) is 6. The zero-order valence-electron chi connectivity index (χ0n) is 19.3. The highest BCUT2D eigenvalue weighted by molar-refractivity contribution is 5.98. The van der Waals surface area contributed by atoms with Gasteiger partial charge in [-0.2, -0.15) is 5.11 Å². The van der Waals surface area contributed by atoms with Crippen LogP contribution in [0.5, 0.6) is 0 Å². The highest BCUT2D eigenvalue weighted by Gasteiger charge is 2.14. The fourth-order valence-electron chi connectivity index (χ4n) is 3.02. The summed E-state index contributed by atoms with van der Waals surface area (Å²) < 4.78 is 5.20. The Hall–Kier alpha value is -4.00. The number of nitrogens with one attached hydrogen (secondary N) is 1. The maximum atomic E-state index is 12.6. The van der Waals surface area contributed by atoms with Crippen LogP contribution in [-0.4, -0.2) is 32.6 Å². The van der Waals surface area contributed by atoms with E-state index in [1.54, 1.807) is 24.3 Å². The van der Waals surface area contributed by atoms with Crippen LogP contribution in [0.2, 0.25) is 0 Å². The molecule has 170 valence electrons. The van der Waals surface area contributed by atoms with Gasteiger partial charge in [-0.3, -0.25) is 4.79 Å². The lowest BCUT2D eigenvalue weighted by Crippen LogP contribution is -2.21. The molecular weight excluding hydrogens is 416 g/mol. The molecule has 0 atom stereocenters. The van der Waals surface area contributed by atoms with Gasteiger partial charge < -0.3 is 15.0 Å². The topological polar surface area (TPSA) is 83.4 Å². The summed E-state index contributed by atoms with van der Waals surface area (Å²) in [7, 11) is 3.92. The Morgan fingerprint density at radius 1 is 0.909 bits per heavy atom. The molecule has 0 aliphatic heterocycles. The van der Waals surface area contributed by atoms with E-state index in [2.05, 4.69) is 29.4 Å². The van der Waals surface area contributed by atoms with Gasteiger partial charge >= 0.3 is 5.97 Å². The van der Waals surface area contributed by atoms with Gasteiger partial charge in [0.1, 0.15) is 5.69 Å². The molecule has 0 radical (unpaired) electrons. The molecule has 0 fully saturated rings. The van der Waals surface area contributed by atoms with Crippen LogP contribution in [0.4, 0.5) is 22.7 Å². The Labute approximate surface area is 194 Å². The Morgan fingerprint density at radius 2 is 1.58 bits per heavy atom. The molecule has 7 nitrogen and oxygen atoms in total. The Kier molecular flexibility index (Phi) is 7.91. The van der Waals surface area contributed by atoms with Crippen molar-refractivity contribution in [1.82, 2.24) is 0 Å². The van der Waals surface area contributed by atoms with E-state index in [4.69, 9.17) is 4.74 Å². The van der Waals surface area contributed by atoms with Crippen molar-refractivity contribution in [2.75, 3.05) is 30.9 Å². The van der Waals surface area contributed by atoms with Crippen LogP contribution < -0.4 is 10.2 Å². The molecule has 0 aliphatic carbocycles. The second-order valence-corrected chi connectivity index (χ2v) is 8.03. The minimum atomic E-state index is -0.641. The first-order chi connectivity index (χ1) is 15.8. The largest absolute Gasteiger partial charge is 0.452 e. The number of anilines is 2. The Balaban J connectivity index is 1.60. The van der Waals surface area contributed by atoms with Crippen LogP contribution in [0.1, 0.15) is 35.7 Å². The van der Waals surface area contributed by atoms with E-state index >= 15 is 0 Å². The highest BCUT2D eigenvalue weighted by Crippen LogP contribution is 2.24. The Morgan fingerprint density at radius 3 is 2.21 bits per heavy atom. The van der Waals surface area contributed by atoms with Crippen LogP contribution in [-0.2, 0) is 9.53 Å². The molecule has 3 aromatic rings. The van der Waals surface area contributed by atoms with Crippen molar-refractivity contribution >= 4 is 34.6 Å². The zero-order valence-corrected chi connectivity index (χ0v) is 19.3. The molecule has 1 amide bonds. The third-order valence-corrected chi connectivity index (χ3v) is 4.96. The average Bonchev–Trinajstić information content (AvgIpc) is 2.82. The monoisotopic (exact) mass is 444 g/mol. The molecule has 3 aromatic carbocycles. The third kappa shape index (κ3) is 6.74. The fraction of sp³-hybridized carbons (Fsp3) is 0.231. The van der Waals surface area contributed by atoms with Gasteiger partial charge in [0, 0.05) is 25.5 Å². The molecule has 7 heteroatoms. The lowest BCUT2D eigenvalue weighted by molar-refractivity contribution is -0.119. The van der Waals surface area contributed by atoms with Crippen molar-refractivity contribution in [3.63, 3.8) is 0 Å². The predicted octanol–water partition coefficient (Wildman–Crippen LogP) is 6.09. The molecule has 0 aromatic heterocycles. The van der Waals surface area contributed by atoms with Crippen molar-refractivity contribution in [1.29, 1.82) is 0 Å². The van der Waals surface area contributed by atoms with Crippen molar-refractivity contribution < 1.29 is 14.3 Å². The van der Waals surface area contributed by atoms with Gasteiger partial charge in [-0.1, -0.05) is 38.1 Å². The fourth-order valence-corrected chi connectivity index (χ4v) is 3.02. The maximum Gasteiger partial charge on any atom is 0.340 e. The number of nitrogens with zero attached hydrogens (tertiary/aromatic N) is 3. The standard InChI is InChI=1S/C26H28N4O3/c1-18(2)19-9-11-20(12-10-19)27-25(31)17-33-26(32)23-7-5-6-8-24(23)29-28-21-13-15-22(16-14-21)30(3)4/h5-16,18H,17H2,1-4H3,(H,27,31).